The zero-order chi connectivity index (χ0) is 18.8. The van der Waals surface area contributed by atoms with E-state index in [0.717, 1.165) is 25.3 Å². The highest BCUT2D eigenvalue weighted by atomic mass is 15.3. The number of pyridine rings is 1. The van der Waals surface area contributed by atoms with Gasteiger partial charge in [0.1, 0.15) is 5.65 Å². The van der Waals surface area contributed by atoms with Gasteiger partial charge in [0.2, 0.25) is 0 Å². The van der Waals surface area contributed by atoms with Crippen LogP contribution in [0.25, 0.3) is 5.65 Å². The number of hydrogen-bond acceptors (Lipinski definition) is 3. The maximum atomic E-state index is 4.44. The minimum absolute atomic E-state index is 0.575. The molecule has 0 radical (unpaired) electrons. The molecule has 1 aliphatic heterocycles. The van der Waals surface area contributed by atoms with Crippen LogP contribution in [0.5, 0.6) is 0 Å². The second kappa shape index (κ2) is 11.1. The van der Waals surface area contributed by atoms with E-state index in [4.69, 9.17) is 0 Å². The van der Waals surface area contributed by atoms with Crippen LogP contribution in [-0.2, 0) is 0 Å². The molecule has 0 aromatic carbocycles. The normalized spacial score (nSPS) is 15.9. The fraction of sp³-hybridized carbons (Fsp3) is 0.667. The summed E-state index contributed by atoms with van der Waals surface area (Å²) in [5, 5.41) is 0. The minimum Gasteiger partial charge on any atom is -0.368 e. The molecular formula is C21H38N4. The molecule has 4 nitrogen and oxygen atoms in total. The number of aromatic nitrogens is 2. The molecule has 0 saturated carbocycles. The van der Waals surface area contributed by atoms with Crippen molar-refractivity contribution >= 4 is 11.3 Å². The summed E-state index contributed by atoms with van der Waals surface area (Å²) >= 11 is 0. The molecule has 0 amide bonds. The van der Waals surface area contributed by atoms with E-state index in [1.165, 1.54) is 30.8 Å². The van der Waals surface area contributed by atoms with E-state index < -0.39 is 0 Å². The summed E-state index contributed by atoms with van der Waals surface area (Å²) in [5.41, 5.74) is 3.90. The van der Waals surface area contributed by atoms with Crippen molar-refractivity contribution in [3.63, 3.8) is 0 Å². The van der Waals surface area contributed by atoms with Crippen LogP contribution in [0.3, 0.4) is 0 Å². The standard InChI is InChI=1S/C17H26N4.2C2H6/c1-4-14(3)15-12-17-18-6-7-21(17)13-16(15)20-10-8-19(5-2)9-11-20;2*1-2/h6-7,12-14H,4-5,8-11H2,1-3H3;2*1-2H3. The van der Waals surface area contributed by atoms with Gasteiger partial charge < -0.3 is 14.2 Å². The van der Waals surface area contributed by atoms with Gasteiger partial charge in [-0.3, -0.25) is 0 Å². The van der Waals surface area contributed by atoms with Gasteiger partial charge in [-0.15, -0.1) is 0 Å². The largest absolute Gasteiger partial charge is 0.368 e. The predicted octanol–water partition coefficient (Wildman–Crippen LogP) is 5.04. The number of nitrogens with zero attached hydrogens (tertiary/aromatic N) is 4. The first-order chi connectivity index (χ1) is 12.2. The molecule has 2 aromatic rings. The van der Waals surface area contributed by atoms with Crippen molar-refractivity contribution in [3.05, 3.63) is 30.2 Å². The smallest absolute Gasteiger partial charge is 0.137 e. The van der Waals surface area contributed by atoms with E-state index in [-0.39, 0.29) is 0 Å². The third-order valence-corrected chi connectivity index (χ3v) is 4.84. The highest BCUT2D eigenvalue weighted by Gasteiger charge is 2.21. The van der Waals surface area contributed by atoms with Crippen molar-refractivity contribution in [2.24, 2.45) is 0 Å². The molecule has 1 atom stereocenters. The van der Waals surface area contributed by atoms with Crippen molar-refractivity contribution in [2.75, 3.05) is 37.6 Å². The van der Waals surface area contributed by atoms with E-state index >= 15 is 0 Å². The number of imidazole rings is 1. The number of likely N-dealkylation sites (N-methyl/N-ethyl adjacent to an activating group) is 1. The van der Waals surface area contributed by atoms with Gasteiger partial charge in [-0.1, -0.05) is 48.5 Å². The quantitative estimate of drug-likeness (QED) is 0.775. The van der Waals surface area contributed by atoms with E-state index in [1.54, 1.807) is 0 Å². The number of rotatable bonds is 4. The lowest BCUT2D eigenvalue weighted by molar-refractivity contribution is 0.271. The lowest BCUT2D eigenvalue weighted by Crippen LogP contribution is -2.46. The van der Waals surface area contributed by atoms with Crippen LogP contribution in [0.1, 0.15) is 66.4 Å². The number of fused-ring (bicyclic) bond motifs is 1. The number of anilines is 1. The zero-order valence-electron chi connectivity index (χ0n) is 17.4. The maximum Gasteiger partial charge on any atom is 0.137 e. The van der Waals surface area contributed by atoms with Gasteiger partial charge in [0.15, 0.2) is 0 Å². The number of piperazine rings is 1. The Labute approximate surface area is 154 Å². The molecule has 4 heteroatoms. The summed E-state index contributed by atoms with van der Waals surface area (Å²) in [6.45, 7) is 20.6. The Hall–Kier alpha value is -1.55. The van der Waals surface area contributed by atoms with Crippen LogP contribution in [0.2, 0.25) is 0 Å². The third-order valence-electron chi connectivity index (χ3n) is 4.84. The Bertz CT molecular complexity index is 597. The molecule has 1 fully saturated rings. The summed E-state index contributed by atoms with van der Waals surface area (Å²) in [6.07, 6.45) is 7.36. The van der Waals surface area contributed by atoms with E-state index in [9.17, 15) is 0 Å². The van der Waals surface area contributed by atoms with E-state index in [1.807, 2.05) is 40.1 Å². The van der Waals surface area contributed by atoms with Crippen molar-refractivity contribution in [1.29, 1.82) is 0 Å². The second-order valence-electron chi connectivity index (χ2n) is 6.04. The first-order valence-electron chi connectivity index (χ1n) is 10.2. The molecule has 2 aromatic heterocycles. The van der Waals surface area contributed by atoms with E-state index in [2.05, 4.69) is 52.2 Å². The average Bonchev–Trinajstić information content (AvgIpc) is 3.17. The van der Waals surface area contributed by atoms with E-state index in [0.29, 0.717) is 5.92 Å². The van der Waals surface area contributed by atoms with Gasteiger partial charge in [0.25, 0.3) is 0 Å². The monoisotopic (exact) mass is 346 g/mol. The Morgan fingerprint density at radius 1 is 1.04 bits per heavy atom. The van der Waals surface area contributed by atoms with Gasteiger partial charge in [0, 0.05) is 44.8 Å². The molecule has 142 valence electrons. The van der Waals surface area contributed by atoms with Gasteiger partial charge in [0.05, 0.1) is 5.69 Å². The van der Waals surface area contributed by atoms with Crippen LogP contribution < -0.4 is 4.90 Å². The second-order valence-corrected chi connectivity index (χ2v) is 6.04. The fourth-order valence-corrected chi connectivity index (χ4v) is 3.15. The highest BCUT2D eigenvalue weighted by molar-refractivity contribution is 5.60. The molecule has 3 heterocycles. The Balaban J connectivity index is 0.000000730. The van der Waals surface area contributed by atoms with Crippen LogP contribution >= 0.6 is 0 Å². The third kappa shape index (κ3) is 5.21. The summed E-state index contributed by atoms with van der Waals surface area (Å²) in [7, 11) is 0. The first-order valence-corrected chi connectivity index (χ1v) is 10.2. The van der Waals surface area contributed by atoms with Crippen molar-refractivity contribution in [2.45, 2.75) is 60.8 Å². The van der Waals surface area contributed by atoms with Gasteiger partial charge in [-0.2, -0.15) is 0 Å². The van der Waals surface area contributed by atoms with Crippen molar-refractivity contribution in [3.8, 4) is 0 Å². The molecule has 3 rings (SSSR count). The van der Waals surface area contributed by atoms with Gasteiger partial charge >= 0.3 is 0 Å². The molecule has 0 N–H and O–H groups in total. The molecule has 0 bridgehead atoms. The van der Waals surface area contributed by atoms with Crippen molar-refractivity contribution < 1.29 is 0 Å². The predicted molar refractivity (Wildman–Crippen MR) is 111 cm³/mol. The molecule has 0 spiro atoms. The maximum absolute atomic E-state index is 4.44. The molecule has 1 unspecified atom stereocenters. The highest BCUT2D eigenvalue weighted by Crippen LogP contribution is 2.31. The summed E-state index contributed by atoms with van der Waals surface area (Å²) in [6, 6.07) is 2.27. The zero-order valence-corrected chi connectivity index (χ0v) is 17.4. The lowest BCUT2D eigenvalue weighted by Gasteiger charge is -2.37. The fourth-order valence-electron chi connectivity index (χ4n) is 3.15. The molecule has 1 saturated heterocycles. The Kier molecular flexibility index (Phi) is 9.58. The van der Waals surface area contributed by atoms with Crippen LogP contribution in [-0.4, -0.2) is 47.0 Å². The topological polar surface area (TPSA) is 23.8 Å². The van der Waals surface area contributed by atoms with Crippen LogP contribution in [0.15, 0.2) is 24.7 Å². The molecule has 25 heavy (non-hydrogen) atoms. The SMILES string of the molecule is CC.CC.CCC(C)c1cc2nccn2cc1N1CCN(CC)CC1. The van der Waals surface area contributed by atoms with Crippen LogP contribution in [0, 0.1) is 0 Å². The summed E-state index contributed by atoms with van der Waals surface area (Å²) in [4.78, 5) is 9.52. The van der Waals surface area contributed by atoms with Crippen LogP contribution in [0.4, 0.5) is 5.69 Å². The van der Waals surface area contributed by atoms with Gasteiger partial charge in [-0.25, -0.2) is 4.98 Å². The molecule has 1 aliphatic rings. The summed E-state index contributed by atoms with van der Waals surface area (Å²) in [5.74, 6) is 0.575. The van der Waals surface area contributed by atoms with Gasteiger partial charge in [-0.05, 0) is 30.5 Å². The number of hydrogen-bond donors (Lipinski definition) is 0. The molecule has 0 aliphatic carbocycles. The lowest BCUT2D eigenvalue weighted by atomic mass is 9.97. The van der Waals surface area contributed by atoms with Crippen molar-refractivity contribution in [1.82, 2.24) is 14.3 Å². The molecular weight excluding hydrogens is 308 g/mol. The Morgan fingerprint density at radius 2 is 1.68 bits per heavy atom. The minimum atomic E-state index is 0.575. The first kappa shape index (κ1) is 21.5. The average molecular weight is 347 g/mol. The summed E-state index contributed by atoms with van der Waals surface area (Å²) < 4.78 is 2.15. The Morgan fingerprint density at radius 3 is 2.24 bits per heavy atom.